The van der Waals surface area contributed by atoms with Gasteiger partial charge in [-0.15, -0.1) is 0 Å². The molecular formula is C15H15N3O2. The first-order valence-corrected chi connectivity index (χ1v) is 6.52. The Hall–Kier alpha value is -2.40. The molecule has 0 spiro atoms. The molecule has 0 aliphatic rings. The van der Waals surface area contributed by atoms with Crippen LogP contribution in [0.3, 0.4) is 0 Å². The summed E-state index contributed by atoms with van der Waals surface area (Å²) < 4.78 is 1.96. The molecule has 2 N–H and O–H groups in total. The van der Waals surface area contributed by atoms with E-state index in [9.17, 15) is 5.11 Å². The van der Waals surface area contributed by atoms with E-state index in [1.54, 1.807) is 18.3 Å². The quantitative estimate of drug-likeness (QED) is 0.760. The SMILES string of the molecule is OCCCc1nc2cccnc2n1-c1ccc(O)cc1. The van der Waals surface area contributed by atoms with Crippen molar-refractivity contribution in [2.75, 3.05) is 6.61 Å². The van der Waals surface area contributed by atoms with Crippen molar-refractivity contribution in [3.8, 4) is 11.4 Å². The minimum absolute atomic E-state index is 0.131. The number of hydrogen-bond acceptors (Lipinski definition) is 4. The molecule has 2 aromatic heterocycles. The number of phenolic OH excluding ortho intramolecular Hbond substituents is 1. The molecule has 0 unspecified atom stereocenters. The molecule has 0 fully saturated rings. The van der Waals surface area contributed by atoms with Crippen LogP contribution in [0, 0.1) is 0 Å². The summed E-state index contributed by atoms with van der Waals surface area (Å²) in [5.41, 5.74) is 2.51. The molecule has 20 heavy (non-hydrogen) atoms. The lowest BCUT2D eigenvalue weighted by atomic mass is 10.2. The van der Waals surface area contributed by atoms with Crippen LogP contribution in [0.15, 0.2) is 42.6 Å². The smallest absolute Gasteiger partial charge is 0.164 e. The minimum Gasteiger partial charge on any atom is -0.508 e. The molecule has 0 radical (unpaired) electrons. The monoisotopic (exact) mass is 269 g/mol. The van der Waals surface area contributed by atoms with E-state index in [-0.39, 0.29) is 12.4 Å². The first kappa shape index (κ1) is 12.6. The van der Waals surface area contributed by atoms with Crippen molar-refractivity contribution in [1.82, 2.24) is 14.5 Å². The van der Waals surface area contributed by atoms with Crippen LogP contribution < -0.4 is 0 Å². The third-order valence-corrected chi connectivity index (χ3v) is 3.15. The van der Waals surface area contributed by atoms with Gasteiger partial charge in [-0.25, -0.2) is 9.97 Å². The van der Waals surface area contributed by atoms with Crippen LogP contribution in [-0.2, 0) is 6.42 Å². The number of benzene rings is 1. The third kappa shape index (κ3) is 2.23. The number of pyridine rings is 1. The van der Waals surface area contributed by atoms with Crippen LogP contribution in [0.25, 0.3) is 16.9 Å². The second-order valence-electron chi connectivity index (χ2n) is 4.55. The summed E-state index contributed by atoms with van der Waals surface area (Å²) in [5.74, 6) is 1.08. The average Bonchev–Trinajstić information content (AvgIpc) is 2.84. The van der Waals surface area contributed by atoms with Gasteiger partial charge < -0.3 is 10.2 Å². The van der Waals surface area contributed by atoms with E-state index in [2.05, 4.69) is 9.97 Å². The van der Waals surface area contributed by atoms with Crippen LogP contribution >= 0.6 is 0 Å². The Kier molecular flexibility index (Phi) is 3.35. The summed E-state index contributed by atoms with van der Waals surface area (Å²) in [6.07, 6.45) is 3.06. The molecule has 102 valence electrons. The van der Waals surface area contributed by atoms with Crippen LogP contribution in [0.5, 0.6) is 5.75 Å². The number of imidazole rings is 1. The molecule has 0 aliphatic heterocycles. The third-order valence-electron chi connectivity index (χ3n) is 3.15. The zero-order chi connectivity index (χ0) is 13.9. The number of phenols is 1. The summed E-state index contributed by atoms with van der Waals surface area (Å²) in [6.45, 7) is 0.131. The van der Waals surface area contributed by atoms with Crippen molar-refractivity contribution in [1.29, 1.82) is 0 Å². The number of aliphatic hydroxyl groups excluding tert-OH is 1. The van der Waals surface area contributed by atoms with E-state index < -0.39 is 0 Å². The first-order chi connectivity index (χ1) is 9.79. The Bertz CT molecular complexity index is 720. The molecule has 0 saturated heterocycles. The standard InChI is InChI=1S/C15H15N3O2/c19-10-2-4-14-17-13-3-1-9-16-15(13)18(14)11-5-7-12(20)8-6-11/h1,3,5-9,19-20H,2,4,10H2. The van der Waals surface area contributed by atoms with E-state index in [1.165, 1.54) is 0 Å². The fourth-order valence-electron chi connectivity index (χ4n) is 2.24. The zero-order valence-corrected chi connectivity index (χ0v) is 10.9. The molecule has 5 heteroatoms. The van der Waals surface area contributed by atoms with Crippen LogP contribution in [0.2, 0.25) is 0 Å². The number of aromatic hydroxyl groups is 1. The number of rotatable bonds is 4. The molecule has 0 bridgehead atoms. The molecule has 5 nitrogen and oxygen atoms in total. The van der Waals surface area contributed by atoms with Crippen LogP contribution in [0.1, 0.15) is 12.2 Å². The van der Waals surface area contributed by atoms with Crippen molar-refractivity contribution in [2.45, 2.75) is 12.8 Å². The second-order valence-corrected chi connectivity index (χ2v) is 4.55. The van der Waals surface area contributed by atoms with Crippen molar-refractivity contribution in [3.63, 3.8) is 0 Å². The van der Waals surface area contributed by atoms with Gasteiger partial charge in [0.1, 0.15) is 17.1 Å². The lowest BCUT2D eigenvalue weighted by molar-refractivity contribution is 0.287. The normalized spacial score (nSPS) is 11.1. The molecule has 0 saturated carbocycles. The topological polar surface area (TPSA) is 71.2 Å². The number of aromatic nitrogens is 3. The maximum Gasteiger partial charge on any atom is 0.164 e. The van der Waals surface area contributed by atoms with Crippen molar-refractivity contribution >= 4 is 11.2 Å². The van der Waals surface area contributed by atoms with E-state index >= 15 is 0 Å². The number of aryl methyl sites for hydroxylation is 1. The van der Waals surface area contributed by atoms with Crippen LogP contribution in [0.4, 0.5) is 0 Å². The van der Waals surface area contributed by atoms with Gasteiger partial charge in [0.2, 0.25) is 0 Å². The highest BCUT2D eigenvalue weighted by Gasteiger charge is 2.12. The number of hydrogen-bond donors (Lipinski definition) is 2. The van der Waals surface area contributed by atoms with Crippen molar-refractivity contribution in [3.05, 3.63) is 48.4 Å². The Morgan fingerprint density at radius 3 is 2.65 bits per heavy atom. The lowest BCUT2D eigenvalue weighted by Crippen LogP contribution is -2.03. The largest absolute Gasteiger partial charge is 0.508 e. The molecule has 1 aromatic carbocycles. The van der Waals surface area contributed by atoms with Gasteiger partial charge in [-0.05, 0) is 42.8 Å². The maximum atomic E-state index is 9.40. The van der Waals surface area contributed by atoms with Crippen molar-refractivity contribution < 1.29 is 10.2 Å². The summed E-state index contributed by atoms with van der Waals surface area (Å²) in [4.78, 5) is 8.96. The Morgan fingerprint density at radius 1 is 1.10 bits per heavy atom. The van der Waals surface area contributed by atoms with Gasteiger partial charge >= 0.3 is 0 Å². The number of fused-ring (bicyclic) bond motifs is 1. The van der Waals surface area contributed by atoms with Crippen molar-refractivity contribution in [2.24, 2.45) is 0 Å². The Labute approximate surface area is 116 Å². The highest BCUT2D eigenvalue weighted by atomic mass is 16.3. The molecule has 2 heterocycles. The fraction of sp³-hybridized carbons (Fsp3) is 0.200. The van der Waals surface area contributed by atoms with Gasteiger partial charge in [0, 0.05) is 24.9 Å². The fourth-order valence-corrected chi connectivity index (χ4v) is 2.24. The maximum absolute atomic E-state index is 9.40. The van der Waals surface area contributed by atoms with Gasteiger partial charge in [0.05, 0.1) is 0 Å². The number of nitrogens with zero attached hydrogens (tertiary/aromatic N) is 3. The highest BCUT2D eigenvalue weighted by Crippen LogP contribution is 2.22. The lowest BCUT2D eigenvalue weighted by Gasteiger charge is -2.08. The summed E-state index contributed by atoms with van der Waals surface area (Å²) in [5, 5.41) is 18.4. The van der Waals surface area contributed by atoms with Gasteiger partial charge in [-0.3, -0.25) is 4.57 Å². The minimum atomic E-state index is 0.131. The van der Waals surface area contributed by atoms with Gasteiger partial charge in [0.15, 0.2) is 5.65 Å². The zero-order valence-electron chi connectivity index (χ0n) is 10.9. The van der Waals surface area contributed by atoms with Crippen LogP contribution in [-0.4, -0.2) is 31.4 Å². The number of aliphatic hydroxyl groups is 1. The average molecular weight is 269 g/mol. The van der Waals surface area contributed by atoms with E-state index in [4.69, 9.17) is 5.11 Å². The van der Waals surface area contributed by atoms with E-state index in [0.29, 0.717) is 12.8 Å². The predicted molar refractivity (Wildman–Crippen MR) is 75.9 cm³/mol. The first-order valence-electron chi connectivity index (χ1n) is 6.52. The summed E-state index contributed by atoms with van der Waals surface area (Å²) in [6, 6.07) is 10.7. The molecular weight excluding hydrogens is 254 g/mol. The summed E-state index contributed by atoms with van der Waals surface area (Å²) >= 11 is 0. The van der Waals surface area contributed by atoms with E-state index in [0.717, 1.165) is 22.7 Å². The van der Waals surface area contributed by atoms with Gasteiger partial charge in [-0.2, -0.15) is 0 Å². The Morgan fingerprint density at radius 2 is 1.90 bits per heavy atom. The summed E-state index contributed by atoms with van der Waals surface area (Å²) in [7, 11) is 0. The molecule has 3 rings (SSSR count). The highest BCUT2D eigenvalue weighted by molar-refractivity contribution is 5.73. The second kappa shape index (κ2) is 5.30. The Balaban J connectivity index is 2.17. The molecule has 0 amide bonds. The molecule has 0 atom stereocenters. The van der Waals surface area contributed by atoms with Gasteiger partial charge in [-0.1, -0.05) is 0 Å². The molecule has 0 aliphatic carbocycles. The van der Waals surface area contributed by atoms with Gasteiger partial charge in [0.25, 0.3) is 0 Å². The molecule has 3 aromatic rings. The van der Waals surface area contributed by atoms with E-state index in [1.807, 2.05) is 28.8 Å². The predicted octanol–water partition coefficient (Wildman–Crippen LogP) is 2.05.